The number of ketones is 1. The van der Waals surface area contributed by atoms with Crippen molar-refractivity contribution in [3.8, 4) is 0 Å². The lowest BCUT2D eigenvalue weighted by molar-refractivity contribution is -0.118. The molecule has 4 N–H and O–H groups in total. The maximum atomic E-state index is 11.0. The van der Waals surface area contributed by atoms with Gasteiger partial charge in [0.25, 0.3) is 0 Å². The van der Waals surface area contributed by atoms with Crippen molar-refractivity contribution in [2.45, 2.75) is 6.71 Å². The van der Waals surface area contributed by atoms with Crippen LogP contribution in [-0.2, 0) is 4.79 Å². The molecule has 0 heterocycles. The molecule has 0 unspecified atom stereocenters. The molecule has 0 rings (SSSR count). The largest absolute Gasteiger partial charge is 0.301 e. The van der Waals surface area contributed by atoms with Gasteiger partial charge in [0, 0.05) is 0 Å². The number of nitrogens with two attached hydrogens (primary N) is 2. The molecule has 0 radical (unpaired) electrons. The first-order chi connectivity index (χ1) is 4.15. The van der Waals surface area contributed by atoms with Crippen LogP contribution in [0.5, 0.6) is 0 Å². The van der Waals surface area contributed by atoms with Crippen LogP contribution >= 0.6 is 63.7 Å². The topological polar surface area (TPSA) is 69.1 Å². The van der Waals surface area contributed by atoms with Gasteiger partial charge in [-0.05, 0) is 63.7 Å². The molecule has 0 aromatic rings. The van der Waals surface area contributed by atoms with Gasteiger partial charge in [-0.1, -0.05) is 0 Å². The van der Waals surface area contributed by atoms with Gasteiger partial charge in [0.05, 0.1) is 0 Å². The van der Waals surface area contributed by atoms with E-state index in [0.29, 0.717) is 0 Å². The lowest BCUT2D eigenvalue weighted by Gasteiger charge is -2.20. The van der Waals surface area contributed by atoms with E-state index in [-0.39, 0.29) is 0 Å². The number of carbonyl (C=O) groups excluding carboxylic acids is 1. The van der Waals surface area contributed by atoms with Gasteiger partial charge in [0.15, 0.2) is 6.71 Å². The fraction of sp³-hybridized carbons (Fsp3) is 0.667. The van der Waals surface area contributed by atoms with Gasteiger partial charge >= 0.3 is 0 Å². The highest BCUT2D eigenvalue weighted by molar-refractivity contribution is 9.27. The van der Waals surface area contributed by atoms with Crippen LogP contribution in [-0.4, -0.2) is 12.5 Å². The maximum Gasteiger partial charge on any atom is 0.216 e. The normalized spacial score (nSPS) is 13.4. The first-order valence-corrected chi connectivity index (χ1v) is 5.21. The average molecular weight is 404 g/mol. The molecule has 0 bridgehead atoms. The van der Waals surface area contributed by atoms with E-state index in [4.69, 9.17) is 11.5 Å². The van der Waals surface area contributed by atoms with Crippen LogP contribution in [0.15, 0.2) is 0 Å². The SMILES string of the molecule is NC(Br)(Br)C(=O)C(N)(Br)Br. The van der Waals surface area contributed by atoms with Crippen molar-refractivity contribution >= 4 is 69.5 Å². The first-order valence-electron chi connectivity index (χ1n) is 2.04. The van der Waals surface area contributed by atoms with E-state index in [1.54, 1.807) is 0 Å². The summed E-state index contributed by atoms with van der Waals surface area (Å²) in [5, 5.41) is 0. The molecule has 3 nitrogen and oxygen atoms in total. The summed E-state index contributed by atoms with van der Waals surface area (Å²) in [4.78, 5) is 11.0. The number of Topliss-reactive ketones (excluding diaryl/α,β-unsaturated/α-hetero) is 1. The molecular formula is C3H4Br4N2O. The number of halogens is 4. The summed E-state index contributed by atoms with van der Waals surface area (Å²) >= 11 is 11.5. The molecule has 7 heteroatoms. The summed E-state index contributed by atoms with van der Waals surface area (Å²) in [6, 6.07) is 0. The fourth-order valence-corrected chi connectivity index (χ4v) is 2.54. The summed E-state index contributed by atoms with van der Waals surface area (Å²) in [5.74, 6) is -0.458. The van der Waals surface area contributed by atoms with E-state index in [1.807, 2.05) is 0 Å². The minimum absolute atomic E-state index is 0.458. The van der Waals surface area contributed by atoms with Gasteiger partial charge in [-0.3, -0.25) is 4.79 Å². The van der Waals surface area contributed by atoms with Crippen LogP contribution in [0.1, 0.15) is 0 Å². The van der Waals surface area contributed by atoms with Crippen molar-refractivity contribution < 1.29 is 4.79 Å². The molecule has 0 aromatic heterocycles. The molecule has 10 heavy (non-hydrogen) atoms. The van der Waals surface area contributed by atoms with E-state index in [0.717, 1.165) is 0 Å². The Hall–Kier alpha value is 1.51. The second-order valence-electron chi connectivity index (χ2n) is 1.58. The molecular weight excluding hydrogens is 400 g/mol. The zero-order chi connectivity index (χ0) is 8.58. The van der Waals surface area contributed by atoms with Gasteiger partial charge in [-0.2, -0.15) is 0 Å². The van der Waals surface area contributed by atoms with E-state index < -0.39 is 12.5 Å². The average Bonchev–Trinajstić information content (AvgIpc) is 1.59. The summed E-state index contributed by atoms with van der Waals surface area (Å²) < 4.78 is -2.58. The molecule has 0 saturated heterocycles. The Labute approximate surface area is 91.8 Å². The third kappa shape index (κ3) is 3.77. The summed E-state index contributed by atoms with van der Waals surface area (Å²) in [6.45, 7) is 0. The van der Waals surface area contributed by atoms with Gasteiger partial charge in [0.2, 0.25) is 5.78 Å². The lowest BCUT2D eigenvalue weighted by Crippen LogP contribution is -2.49. The van der Waals surface area contributed by atoms with Crippen LogP contribution in [0.25, 0.3) is 0 Å². The van der Waals surface area contributed by atoms with Gasteiger partial charge in [-0.25, -0.2) is 0 Å². The number of hydrogen-bond donors (Lipinski definition) is 2. The van der Waals surface area contributed by atoms with Gasteiger partial charge in [0.1, 0.15) is 0 Å². The van der Waals surface area contributed by atoms with E-state index in [9.17, 15) is 4.79 Å². The first kappa shape index (κ1) is 11.5. The maximum absolute atomic E-state index is 11.0. The van der Waals surface area contributed by atoms with E-state index in [2.05, 4.69) is 63.7 Å². The molecule has 60 valence electrons. The Kier molecular flexibility index (Phi) is 4.01. The molecule has 0 fully saturated rings. The van der Waals surface area contributed by atoms with Crippen molar-refractivity contribution in [2.24, 2.45) is 11.5 Å². The number of alkyl halides is 4. The lowest BCUT2D eigenvalue weighted by atomic mass is 10.4. The van der Waals surface area contributed by atoms with Crippen LogP contribution in [0.2, 0.25) is 0 Å². The predicted octanol–water partition coefficient (Wildman–Crippen LogP) is 1.36. The Bertz CT molecular complexity index is 130. The quantitative estimate of drug-likeness (QED) is 0.540. The number of carbonyl (C=O) groups is 1. The predicted molar refractivity (Wildman–Crippen MR) is 54.6 cm³/mol. The minimum atomic E-state index is -1.29. The van der Waals surface area contributed by atoms with Crippen molar-refractivity contribution in [1.29, 1.82) is 0 Å². The molecule has 0 aliphatic rings. The highest BCUT2D eigenvalue weighted by Crippen LogP contribution is 2.31. The minimum Gasteiger partial charge on any atom is -0.301 e. The summed E-state index contributed by atoms with van der Waals surface area (Å²) in [6.07, 6.45) is 0. The molecule has 0 amide bonds. The van der Waals surface area contributed by atoms with Gasteiger partial charge in [-0.15, -0.1) is 0 Å². The smallest absolute Gasteiger partial charge is 0.216 e. The van der Waals surface area contributed by atoms with Crippen LogP contribution in [0.3, 0.4) is 0 Å². The monoisotopic (exact) mass is 400 g/mol. The van der Waals surface area contributed by atoms with Crippen molar-refractivity contribution in [3.63, 3.8) is 0 Å². The molecule has 0 spiro atoms. The highest BCUT2D eigenvalue weighted by Gasteiger charge is 2.39. The van der Waals surface area contributed by atoms with Crippen LogP contribution < -0.4 is 11.5 Å². The summed E-state index contributed by atoms with van der Waals surface area (Å²) in [5.41, 5.74) is 10.6. The van der Waals surface area contributed by atoms with Crippen LogP contribution in [0, 0.1) is 0 Å². The fourth-order valence-electron chi connectivity index (χ4n) is 0.222. The Morgan fingerprint density at radius 2 is 1.20 bits per heavy atom. The second kappa shape index (κ2) is 3.49. The third-order valence-corrected chi connectivity index (χ3v) is 2.05. The molecule has 0 atom stereocenters. The standard InChI is InChI=1S/C3H4Br4N2O/c4-2(5,8)1(10)3(6,7)9/h8-9H2. The van der Waals surface area contributed by atoms with Crippen molar-refractivity contribution in [2.75, 3.05) is 0 Å². The molecule has 0 saturated carbocycles. The highest BCUT2D eigenvalue weighted by atomic mass is 79.9. The van der Waals surface area contributed by atoms with Gasteiger partial charge < -0.3 is 11.5 Å². The molecule has 0 aliphatic heterocycles. The Balaban J connectivity index is 4.40. The van der Waals surface area contributed by atoms with E-state index in [1.165, 1.54) is 0 Å². The molecule has 0 aliphatic carbocycles. The Morgan fingerprint density at radius 3 is 1.20 bits per heavy atom. The van der Waals surface area contributed by atoms with Crippen LogP contribution in [0.4, 0.5) is 0 Å². The van der Waals surface area contributed by atoms with Crippen molar-refractivity contribution in [3.05, 3.63) is 0 Å². The molecule has 0 aromatic carbocycles. The van der Waals surface area contributed by atoms with Crippen molar-refractivity contribution in [1.82, 2.24) is 0 Å². The zero-order valence-electron chi connectivity index (χ0n) is 4.57. The van der Waals surface area contributed by atoms with E-state index >= 15 is 0 Å². The third-order valence-electron chi connectivity index (χ3n) is 0.605. The number of hydrogen-bond acceptors (Lipinski definition) is 3. The summed E-state index contributed by atoms with van der Waals surface area (Å²) in [7, 11) is 0. The Morgan fingerprint density at radius 1 is 1.00 bits per heavy atom. The number of rotatable bonds is 2. The second-order valence-corrected chi connectivity index (χ2v) is 8.71. The zero-order valence-corrected chi connectivity index (χ0v) is 10.9.